The molecular formula is C41H52N8O8S2. The molecule has 59 heavy (non-hydrogen) atoms. The molecule has 316 valence electrons. The van der Waals surface area contributed by atoms with Crippen molar-refractivity contribution in [3.05, 3.63) is 53.9 Å². The van der Waals surface area contributed by atoms with Gasteiger partial charge < -0.3 is 29.9 Å². The van der Waals surface area contributed by atoms with E-state index in [0.717, 1.165) is 43.4 Å². The van der Waals surface area contributed by atoms with Gasteiger partial charge >= 0.3 is 16.3 Å². The number of rotatable bonds is 8. The number of piperazine rings is 1. The van der Waals surface area contributed by atoms with Crippen molar-refractivity contribution in [3.63, 3.8) is 0 Å². The number of alkyl carbamates (subject to hydrolysis) is 1. The van der Waals surface area contributed by atoms with Crippen molar-refractivity contribution in [1.82, 2.24) is 39.4 Å². The van der Waals surface area contributed by atoms with Crippen molar-refractivity contribution < 1.29 is 37.1 Å². The molecule has 4 amide bonds. The van der Waals surface area contributed by atoms with Crippen LogP contribution in [0.4, 0.5) is 4.79 Å². The number of carbonyl (C=O) groups excluding carboxylic acids is 4. The van der Waals surface area contributed by atoms with E-state index in [0.29, 0.717) is 49.1 Å². The first-order chi connectivity index (χ1) is 28.5. The number of benzene rings is 1. The van der Waals surface area contributed by atoms with Gasteiger partial charge in [0, 0.05) is 38.5 Å². The van der Waals surface area contributed by atoms with E-state index in [-0.39, 0.29) is 44.5 Å². The van der Waals surface area contributed by atoms with Crippen molar-refractivity contribution in [1.29, 1.82) is 0 Å². The van der Waals surface area contributed by atoms with Crippen LogP contribution in [0.15, 0.2) is 53.9 Å². The van der Waals surface area contributed by atoms with Crippen molar-refractivity contribution in [2.45, 2.75) is 100 Å². The van der Waals surface area contributed by atoms with Crippen LogP contribution in [-0.4, -0.2) is 126 Å². The Morgan fingerprint density at radius 3 is 2.42 bits per heavy atom. The van der Waals surface area contributed by atoms with Crippen LogP contribution in [0.1, 0.15) is 70.6 Å². The fraction of sp³-hybridized carbons (Fsp3) is 0.561. The van der Waals surface area contributed by atoms with Crippen LogP contribution < -0.4 is 20.1 Å². The van der Waals surface area contributed by atoms with Gasteiger partial charge in [0.2, 0.25) is 17.7 Å². The summed E-state index contributed by atoms with van der Waals surface area (Å²) in [6.45, 7) is 1.46. The van der Waals surface area contributed by atoms with E-state index in [1.54, 1.807) is 0 Å². The Labute approximate surface area is 348 Å². The van der Waals surface area contributed by atoms with Gasteiger partial charge in [-0.3, -0.25) is 14.4 Å². The summed E-state index contributed by atoms with van der Waals surface area (Å²) < 4.78 is 42.8. The summed E-state index contributed by atoms with van der Waals surface area (Å²) in [5, 5.41) is 7.69. The zero-order valence-electron chi connectivity index (χ0n) is 33.2. The minimum atomic E-state index is -4.20. The van der Waals surface area contributed by atoms with Crippen LogP contribution in [0.3, 0.4) is 0 Å². The Morgan fingerprint density at radius 1 is 0.932 bits per heavy atom. The minimum absolute atomic E-state index is 0.0223. The molecule has 18 heteroatoms. The maximum Gasteiger partial charge on any atom is 0.408 e. The molecule has 3 aliphatic heterocycles. The second-order valence-electron chi connectivity index (χ2n) is 16.3. The van der Waals surface area contributed by atoms with Crippen LogP contribution in [0.25, 0.3) is 21.6 Å². The number of allylic oxidation sites excluding steroid dienone is 1. The van der Waals surface area contributed by atoms with Gasteiger partial charge in [0.25, 0.3) is 5.91 Å². The standard InChI is InChI=1S/C41H52N8O8S2/c1-47-19-21-48(22-20-47)59(54,55)46-39(52)41-25-27(41)12-5-3-2-4-6-17-32(44-40(53)57-28-13-7-8-14-28)38(51)49-26-29(24-33(49)36(50)45-41)56-37-35(34-18-11-23-58-34)42-30-15-9-10-16-31(30)43-37/h5,9-12,15-16,18,23,27-29,32-33H,2-4,6-8,13-14,17,19-22,24-26H2,1H3,(H,44,53)(H,45,50)(H,46,52)/b12-5-/t27?,29-,32+,33+,41-/m1/s1. The lowest BCUT2D eigenvalue weighted by Gasteiger charge is -2.32. The maximum atomic E-state index is 14.7. The van der Waals surface area contributed by atoms with Crippen molar-refractivity contribution in [2.75, 3.05) is 39.8 Å². The highest BCUT2D eigenvalue weighted by molar-refractivity contribution is 7.87. The smallest absolute Gasteiger partial charge is 0.408 e. The predicted molar refractivity (Wildman–Crippen MR) is 220 cm³/mol. The normalized spacial score (nSPS) is 28.1. The molecule has 4 fully saturated rings. The van der Waals surface area contributed by atoms with E-state index in [2.05, 4.69) is 15.4 Å². The van der Waals surface area contributed by atoms with Gasteiger partial charge in [-0.25, -0.2) is 19.5 Å². The number of aromatic nitrogens is 2. The number of fused-ring (bicyclic) bond motifs is 3. The van der Waals surface area contributed by atoms with Gasteiger partial charge in [-0.05, 0) is 82.0 Å². The summed E-state index contributed by atoms with van der Waals surface area (Å²) in [6, 6.07) is 9.15. The summed E-state index contributed by atoms with van der Waals surface area (Å²) in [6.07, 6.45) is 9.14. The first-order valence-corrected chi connectivity index (χ1v) is 23.1. The Hall–Kier alpha value is -4.65. The second kappa shape index (κ2) is 17.5. The molecule has 1 unspecified atom stereocenters. The highest BCUT2D eigenvalue weighted by Crippen LogP contribution is 2.46. The van der Waals surface area contributed by atoms with Crippen LogP contribution >= 0.6 is 11.3 Å². The zero-order valence-corrected chi connectivity index (χ0v) is 34.8. The van der Waals surface area contributed by atoms with E-state index in [1.165, 1.54) is 20.5 Å². The molecule has 2 aromatic heterocycles. The Bertz CT molecular complexity index is 2170. The third-order valence-corrected chi connectivity index (χ3v) is 14.5. The monoisotopic (exact) mass is 848 g/mol. The number of para-hydroxylation sites is 2. The SMILES string of the molecule is CN1CCN(S(=O)(=O)NC(=O)[C@@]23CC2/C=C\CCCCC[C@H](NC(=O)OC2CCCC2)C(=O)N2C[C@H](Oc4nc5ccccc5nc4-c4cccs4)C[C@H]2C(=O)N3)CC1. The molecule has 16 nitrogen and oxygen atoms in total. The van der Waals surface area contributed by atoms with Gasteiger partial charge in [-0.15, -0.1) is 11.3 Å². The second-order valence-corrected chi connectivity index (χ2v) is 18.9. The molecular weight excluding hydrogens is 797 g/mol. The lowest BCUT2D eigenvalue weighted by Crippen LogP contribution is -2.60. The quantitative estimate of drug-likeness (QED) is 0.280. The van der Waals surface area contributed by atoms with Gasteiger partial charge in [0.05, 0.1) is 22.5 Å². The number of nitrogens with one attached hydrogen (secondary N) is 3. The van der Waals surface area contributed by atoms with Crippen LogP contribution in [0.5, 0.6) is 5.88 Å². The third-order valence-electron chi connectivity index (χ3n) is 12.1. The molecule has 2 aliphatic carbocycles. The van der Waals surface area contributed by atoms with Gasteiger partial charge in [-0.1, -0.05) is 43.2 Å². The third kappa shape index (κ3) is 9.25. The maximum absolute atomic E-state index is 14.7. The van der Waals surface area contributed by atoms with E-state index < -0.39 is 63.7 Å². The lowest BCUT2D eigenvalue weighted by atomic mass is 10.0. The van der Waals surface area contributed by atoms with E-state index in [4.69, 9.17) is 19.4 Å². The van der Waals surface area contributed by atoms with E-state index in [9.17, 15) is 27.6 Å². The minimum Gasteiger partial charge on any atom is -0.471 e. The number of hydrogen-bond donors (Lipinski definition) is 3. The molecule has 5 heterocycles. The molecule has 2 saturated carbocycles. The largest absolute Gasteiger partial charge is 0.471 e. The molecule has 0 spiro atoms. The first-order valence-electron chi connectivity index (χ1n) is 20.7. The number of carbonyl (C=O) groups is 4. The molecule has 0 radical (unpaired) electrons. The molecule has 2 saturated heterocycles. The first kappa shape index (κ1) is 41.1. The summed E-state index contributed by atoms with van der Waals surface area (Å²) in [7, 11) is -2.30. The van der Waals surface area contributed by atoms with Crippen LogP contribution in [0, 0.1) is 5.92 Å². The van der Waals surface area contributed by atoms with Crippen molar-refractivity contribution >= 4 is 56.4 Å². The van der Waals surface area contributed by atoms with Crippen molar-refractivity contribution in [3.8, 4) is 16.5 Å². The zero-order chi connectivity index (χ0) is 41.1. The summed E-state index contributed by atoms with van der Waals surface area (Å²) in [5.74, 6) is -2.14. The number of ether oxygens (including phenoxy) is 2. The Morgan fingerprint density at radius 2 is 1.68 bits per heavy atom. The van der Waals surface area contributed by atoms with Gasteiger partial charge in [0.15, 0.2) is 0 Å². The Kier molecular flexibility index (Phi) is 12.2. The summed E-state index contributed by atoms with van der Waals surface area (Å²) >= 11 is 1.48. The van der Waals surface area contributed by atoms with Gasteiger partial charge in [-0.2, -0.15) is 12.7 Å². The molecule has 0 bridgehead atoms. The molecule has 8 rings (SSSR count). The van der Waals surface area contributed by atoms with E-state index >= 15 is 0 Å². The summed E-state index contributed by atoms with van der Waals surface area (Å²) in [5.41, 5.74) is 0.265. The average Bonchev–Trinajstić information content (AvgIpc) is 3.71. The van der Waals surface area contributed by atoms with E-state index in [1.807, 2.05) is 65.9 Å². The van der Waals surface area contributed by atoms with Crippen LogP contribution in [-0.2, 0) is 29.3 Å². The number of nitrogens with zero attached hydrogens (tertiary/aromatic N) is 5. The lowest BCUT2D eigenvalue weighted by molar-refractivity contribution is -0.141. The van der Waals surface area contributed by atoms with Gasteiger partial charge in [0.1, 0.15) is 35.5 Å². The van der Waals surface area contributed by atoms with Crippen molar-refractivity contribution in [2.24, 2.45) is 5.92 Å². The molecule has 1 aromatic carbocycles. The number of likely N-dealkylation sites (N-methyl/N-ethyl adjacent to an activating group) is 1. The Balaban J connectivity index is 1.09. The predicted octanol–water partition coefficient (Wildman–Crippen LogP) is 3.75. The highest BCUT2D eigenvalue weighted by Gasteiger charge is 2.62. The number of amides is 4. The topological polar surface area (TPSA) is 192 Å². The molecule has 5 aliphatic rings. The number of thiophene rings is 1. The summed E-state index contributed by atoms with van der Waals surface area (Å²) in [4.78, 5) is 70.6. The fourth-order valence-corrected chi connectivity index (χ4v) is 10.5. The molecule has 3 aromatic rings. The van der Waals surface area contributed by atoms with Crippen LogP contribution in [0.2, 0.25) is 0 Å². The molecule has 5 atom stereocenters. The fourth-order valence-electron chi connectivity index (χ4n) is 8.60. The highest BCUT2D eigenvalue weighted by atomic mass is 32.2. The average molecular weight is 849 g/mol. The number of hydrogen-bond acceptors (Lipinski definition) is 12. The molecule has 3 N–H and O–H groups in total.